The van der Waals surface area contributed by atoms with Gasteiger partial charge in [0.2, 0.25) is 0 Å². The molecule has 0 atom stereocenters. The van der Waals surface area contributed by atoms with Crippen LogP contribution in [0, 0.1) is 11.3 Å². The Morgan fingerprint density at radius 3 is 2.62 bits per heavy atom. The summed E-state index contributed by atoms with van der Waals surface area (Å²) in [4.78, 5) is 36.4. The third-order valence-electron chi connectivity index (χ3n) is 5.24. The summed E-state index contributed by atoms with van der Waals surface area (Å²) < 4.78 is 5.63. The number of hydrogen-bond donors (Lipinski definition) is 1. The molecule has 206 valence electrons. The fourth-order valence-corrected chi connectivity index (χ4v) is 4.13. The molecule has 0 saturated carbocycles. The Hall–Kier alpha value is -4.03. The maximum atomic E-state index is 13.0. The van der Waals surface area contributed by atoms with Crippen LogP contribution in [0.5, 0.6) is 0 Å². The highest BCUT2D eigenvalue weighted by Gasteiger charge is 2.23. The van der Waals surface area contributed by atoms with E-state index in [1.54, 1.807) is 34.6 Å². The number of thiazole rings is 1. The van der Waals surface area contributed by atoms with Gasteiger partial charge < -0.3 is 15.0 Å². The molecule has 0 fully saturated rings. The van der Waals surface area contributed by atoms with E-state index < -0.39 is 11.7 Å². The number of carbonyl (C=O) groups is 2. The van der Waals surface area contributed by atoms with E-state index in [1.807, 2.05) is 59.8 Å². The van der Waals surface area contributed by atoms with Crippen LogP contribution in [0.3, 0.4) is 0 Å². The van der Waals surface area contributed by atoms with E-state index in [9.17, 15) is 14.9 Å². The average molecular weight is 548 g/mol. The van der Waals surface area contributed by atoms with Crippen LogP contribution < -0.4 is 5.32 Å². The lowest BCUT2D eigenvalue weighted by Crippen LogP contribution is -2.40. The number of allylic oxidation sites excluding steroid dienone is 4. The van der Waals surface area contributed by atoms with Crippen LogP contribution in [0.25, 0.3) is 0 Å². The van der Waals surface area contributed by atoms with Gasteiger partial charge in [0.05, 0.1) is 28.9 Å². The number of ether oxygens (including phenoxy) is 1. The highest BCUT2D eigenvalue weighted by Crippen LogP contribution is 2.15. The molecule has 2 amide bonds. The number of rotatable bonds is 11. The molecule has 1 aromatic heterocycles. The standard InChI is InChI=1S/C30H37N5O3S/c1-8-9-14-25(21(2)3)33-22(4)19-35(29(37)38-30(5,6)7)16-15-27-34-26(20-39-27)28(36)32-18-24-13-11-10-12-23(24)17-31/h8-14,20H,1,15-16,18-19H2,2-7H3,(H,32,36)/b14-9-,33-22?. The summed E-state index contributed by atoms with van der Waals surface area (Å²) in [7, 11) is 0. The predicted molar refractivity (Wildman–Crippen MR) is 157 cm³/mol. The van der Waals surface area contributed by atoms with Crippen molar-refractivity contribution in [3.05, 3.63) is 87.6 Å². The SMILES string of the molecule is C=C/C=C\C(N=C(C)CN(CCc1nc(C(=O)NCc2ccccc2C#N)cs1)C(=O)OC(C)(C)C)=C(C)C. The fourth-order valence-electron chi connectivity index (χ4n) is 3.36. The third-order valence-corrected chi connectivity index (χ3v) is 6.15. The Labute approximate surface area is 235 Å². The van der Waals surface area contributed by atoms with Gasteiger partial charge in [-0.2, -0.15) is 5.26 Å². The number of nitrogens with zero attached hydrogens (tertiary/aromatic N) is 4. The maximum Gasteiger partial charge on any atom is 0.410 e. The van der Waals surface area contributed by atoms with E-state index in [2.05, 4.69) is 22.9 Å². The molecule has 2 aromatic rings. The summed E-state index contributed by atoms with van der Waals surface area (Å²) in [6.07, 6.45) is 5.40. The molecule has 39 heavy (non-hydrogen) atoms. The molecule has 0 spiro atoms. The van der Waals surface area contributed by atoms with Crippen molar-refractivity contribution < 1.29 is 14.3 Å². The quantitative estimate of drug-likeness (QED) is 0.265. The van der Waals surface area contributed by atoms with Gasteiger partial charge in [-0.05, 0) is 59.2 Å². The molecule has 0 radical (unpaired) electrons. The molecule has 8 nitrogen and oxygen atoms in total. The van der Waals surface area contributed by atoms with Crippen LogP contribution in [-0.2, 0) is 17.7 Å². The van der Waals surface area contributed by atoms with E-state index >= 15 is 0 Å². The van der Waals surface area contributed by atoms with Crippen LogP contribution >= 0.6 is 11.3 Å². The molecule has 0 aliphatic rings. The van der Waals surface area contributed by atoms with E-state index in [0.29, 0.717) is 24.2 Å². The van der Waals surface area contributed by atoms with Crippen molar-refractivity contribution in [2.75, 3.05) is 13.1 Å². The number of nitrogens with one attached hydrogen (secondary N) is 1. The topological polar surface area (TPSA) is 108 Å². The molecule has 2 rings (SSSR count). The first-order chi connectivity index (χ1) is 18.4. The first-order valence-corrected chi connectivity index (χ1v) is 13.5. The largest absolute Gasteiger partial charge is 0.444 e. The number of aliphatic imine (C=N–C) groups is 1. The summed E-state index contributed by atoms with van der Waals surface area (Å²) >= 11 is 1.36. The molecule has 1 aromatic carbocycles. The Balaban J connectivity index is 2.11. The Kier molecular flexibility index (Phi) is 11.8. The van der Waals surface area contributed by atoms with Gasteiger partial charge in [-0.3, -0.25) is 9.79 Å². The van der Waals surface area contributed by atoms with E-state index in [1.165, 1.54) is 11.3 Å². The maximum absolute atomic E-state index is 13.0. The van der Waals surface area contributed by atoms with Gasteiger partial charge in [-0.25, -0.2) is 9.78 Å². The first-order valence-electron chi connectivity index (χ1n) is 12.6. The summed E-state index contributed by atoms with van der Waals surface area (Å²) in [5.41, 5.74) is 3.52. The zero-order valence-corrected chi connectivity index (χ0v) is 24.4. The lowest BCUT2D eigenvalue weighted by molar-refractivity contribution is 0.0280. The van der Waals surface area contributed by atoms with Crippen molar-refractivity contribution >= 4 is 29.0 Å². The molecule has 0 aliphatic heterocycles. The second kappa shape index (κ2) is 14.8. The van der Waals surface area contributed by atoms with Crippen LogP contribution in [0.2, 0.25) is 0 Å². The van der Waals surface area contributed by atoms with Gasteiger partial charge in [-0.1, -0.05) is 42.5 Å². The summed E-state index contributed by atoms with van der Waals surface area (Å²) in [5, 5.41) is 14.5. The van der Waals surface area contributed by atoms with Crippen molar-refractivity contribution in [2.24, 2.45) is 4.99 Å². The normalized spacial score (nSPS) is 11.6. The second-order valence-corrected chi connectivity index (χ2v) is 11.0. The first kappa shape index (κ1) is 31.2. The molecule has 9 heteroatoms. The minimum Gasteiger partial charge on any atom is -0.444 e. The number of amides is 2. The number of aromatic nitrogens is 1. The average Bonchev–Trinajstić information content (AvgIpc) is 3.35. The number of carbonyl (C=O) groups excluding carboxylic acids is 2. The lowest BCUT2D eigenvalue weighted by atomic mass is 10.1. The Morgan fingerprint density at radius 2 is 1.97 bits per heavy atom. The smallest absolute Gasteiger partial charge is 0.410 e. The minimum absolute atomic E-state index is 0.232. The fraction of sp³-hybridized carbons (Fsp3) is 0.367. The molecule has 0 bridgehead atoms. The molecule has 1 heterocycles. The van der Waals surface area contributed by atoms with Gasteiger partial charge in [0.1, 0.15) is 11.3 Å². The van der Waals surface area contributed by atoms with Crippen LogP contribution in [0.1, 0.15) is 68.2 Å². The second-order valence-electron chi connectivity index (χ2n) is 10.1. The number of hydrogen-bond acceptors (Lipinski definition) is 7. The summed E-state index contributed by atoms with van der Waals surface area (Å²) in [5.74, 6) is -0.320. The predicted octanol–water partition coefficient (Wildman–Crippen LogP) is 6.22. The van der Waals surface area contributed by atoms with Gasteiger partial charge in [-0.15, -0.1) is 11.3 Å². The van der Waals surface area contributed by atoms with Crippen LogP contribution in [-0.4, -0.2) is 46.3 Å². The molecule has 0 saturated heterocycles. The monoisotopic (exact) mass is 547 g/mol. The Bertz CT molecular complexity index is 1300. The van der Waals surface area contributed by atoms with Crippen molar-refractivity contribution in [3.63, 3.8) is 0 Å². The molecular weight excluding hydrogens is 510 g/mol. The lowest BCUT2D eigenvalue weighted by Gasteiger charge is -2.27. The summed E-state index contributed by atoms with van der Waals surface area (Å²) in [6, 6.07) is 9.25. The van der Waals surface area contributed by atoms with Gasteiger partial charge >= 0.3 is 6.09 Å². The number of benzene rings is 1. The highest BCUT2D eigenvalue weighted by atomic mass is 32.1. The van der Waals surface area contributed by atoms with Crippen LogP contribution in [0.4, 0.5) is 4.79 Å². The number of nitriles is 1. The van der Waals surface area contributed by atoms with Crippen molar-refractivity contribution in [3.8, 4) is 6.07 Å². The zero-order chi connectivity index (χ0) is 29.0. The van der Waals surface area contributed by atoms with Crippen molar-refractivity contribution in [1.82, 2.24) is 15.2 Å². The minimum atomic E-state index is -0.644. The summed E-state index contributed by atoms with van der Waals surface area (Å²) in [6.45, 7) is 15.9. The molecule has 0 aliphatic carbocycles. The zero-order valence-electron chi connectivity index (χ0n) is 23.6. The van der Waals surface area contributed by atoms with Crippen molar-refractivity contribution in [1.29, 1.82) is 5.26 Å². The molecular formula is C30H37N5O3S. The highest BCUT2D eigenvalue weighted by molar-refractivity contribution is 7.09. The van der Waals surface area contributed by atoms with E-state index in [0.717, 1.165) is 27.6 Å². The Morgan fingerprint density at radius 1 is 1.26 bits per heavy atom. The third kappa shape index (κ3) is 10.7. The van der Waals surface area contributed by atoms with Gasteiger partial charge in [0.25, 0.3) is 5.91 Å². The molecule has 1 N–H and O–H groups in total. The van der Waals surface area contributed by atoms with Crippen LogP contribution in [0.15, 0.2) is 70.7 Å². The molecule has 0 unspecified atom stereocenters. The van der Waals surface area contributed by atoms with E-state index in [4.69, 9.17) is 9.73 Å². The van der Waals surface area contributed by atoms with Gasteiger partial charge in [0.15, 0.2) is 0 Å². The van der Waals surface area contributed by atoms with Crippen molar-refractivity contribution in [2.45, 2.75) is 60.1 Å². The van der Waals surface area contributed by atoms with E-state index in [-0.39, 0.29) is 19.0 Å². The van der Waals surface area contributed by atoms with Gasteiger partial charge in [0, 0.05) is 30.6 Å².